The molecule has 0 fully saturated rings. The van der Waals surface area contributed by atoms with Crippen LogP contribution in [0.5, 0.6) is 0 Å². The molecule has 0 spiro atoms. The van der Waals surface area contributed by atoms with Crippen molar-refractivity contribution in [2.24, 2.45) is 0 Å². The van der Waals surface area contributed by atoms with Crippen molar-refractivity contribution in [3.05, 3.63) is 46.5 Å². The summed E-state index contributed by atoms with van der Waals surface area (Å²) in [7, 11) is 3.93. The van der Waals surface area contributed by atoms with Crippen LogP contribution < -0.4 is 16.0 Å². The van der Waals surface area contributed by atoms with E-state index >= 15 is 0 Å². The normalized spacial score (nSPS) is 12.0. The second kappa shape index (κ2) is 9.09. The number of thiophene rings is 1. The summed E-state index contributed by atoms with van der Waals surface area (Å²) in [6.45, 7) is 0.682. The molecule has 8 heteroatoms. The fourth-order valence-corrected chi connectivity index (χ4v) is 3.01. The number of hydrogen-bond acceptors (Lipinski definition) is 5. The molecule has 24 heavy (non-hydrogen) atoms. The number of rotatable bonds is 8. The van der Waals surface area contributed by atoms with Gasteiger partial charge in [-0.1, -0.05) is 6.07 Å². The van der Waals surface area contributed by atoms with Crippen LogP contribution in [0.4, 0.5) is 4.79 Å². The first-order valence-corrected chi connectivity index (χ1v) is 8.45. The summed E-state index contributed by atoms with van der Waals surface area (Å²) in [4.78, 5) is 26.7. The first kappa shape index (κ1) is 18.0. The summed E-state index contributed by atoms with van der Waals surface area (Å²) in [6.07, 6.45) is 1.54. The van der Waals surface area contributed by atoms with Gasteiger partial charge in [-0.3, -0.25) is 4.79 Å². The van der Waals surface area contributed by atoms with Gasteiger partial charge in [-0.25, -0.2) is 4.79 Å². The average Bonchev–Trinajstić information content (AvgIpc) is 3.24. The molecule has 3 N–H and O–H groups in total. The number of nitrogens with one attached hydrogen (secondary N) is 3. The summed E-state index contributed by atoms with van der Waals surface area (Å²) in [5, 5.41) is 10.0. The van der Waals surface area contributed by atoms with E-state index in [9.17, 15) is 9.59 Å². The van der Waals surface area contributed by atoms with Crippen molar-refractivity contribution in [3.8, 4) is 0 Å². The highest BCUT2D eigenvalue weighted by Crippen LogP contribution is 2.22. The Balaban J connectivity index is 1.67. The standard InChI is InChI=1S/C16H22N4O3S/c1-20(2)13(14-6-4-8-24-14)10-18-16(22)19-11-15(21)17-9-12-5-3-7-23-12/h3-8,13H,9-11H2,1-2H3,(H,17,21)(H2,18,19,22). The fourth-order valence-electron chi connectivity index (χ4n) is 2.09. The van der Waals surface area contributed by atoms with E-state index in [0.29, 0.717) is 18.8 Å². The maximum atomic E-state index is 11.8. The fraction of sp³-hybridized carbons (Fsp3) is 0.375. The highest BCUT2D eigenvalue weighted by molar-refractivity contribution is 7.10. The van der Waals surface area contributed by atoms with Crippen molar-refractivity contribution in [1.29, 1.82) is 0 Å². The van der Waals surface area contributed by atoms with Gasteiger partial charge in [0.25, 0.3) is 0 Å². The van der Waals surface area contributed by atoms with Gasteiger partial charge in [0.15, 0.2) is 0 Å². The molecular weight excluding hydrogens is 328 g/mol. The van der Waals surface area contributed by atoms with Crippen molar-refractivity contribution in [2.75, 3.05) is 27.2 Å². The molecule has 0 aliphatic heterocycles. The Bertz CT molecular complexity index is 626. The topological polar surface area (TPSA) is 86.6 Å². The van der Waals surface area contributed by atoms with Crippen LogP contribution in [0.15, 0.2) is 40.3 Å². The first-order chi connectivity index (χ1) is 11.6. The molecule has 130 valence electrons. The van der Waals surface area contributed by atoms with Crippen LogP contribution in [-0.4, -0.2) is 44.0 Å². The molecule has 0 aromatic carbocycles. The predicted molar refractivity (Wildman–Crippen MR) is 92.7 cm³/mol. The summed E-state index contributed by atoms with van der Waals surface area (Å²) in [5.41, 5.74) is 0. The van der Waals surface area contributed by atoms with E-state index in [-0.39, 0.29) is 24.5 Å². The number of carbonyl (C=O) groups excluding carboxylic acids is 2. The Morgan fingerprint density at radius 3 is 2.67 bits per heavy atom. The minimum Gasteiger partial charge on any atom is -0.467 e. The largest absolute Gasteiger partial charge is 0.467 e. The predicted octanol–water partition coefficient (Wildman–Crippen LogP) is 1.56. The zero-order valence-corrected chi connectivity index (χ0v) is 14.6. The van der Waals surface area contributed by atoms with Crippen molar-refractivity contribution in [2.45, 2.75) is 12.6 Å². The number of nitrogens with zero attached hydrogens (tertiary/aromatic N) is 1. The van der Waals surface area contributed by atoms with Crippen molar-refractivity contribution >= 4 is 23.3 Å². The quantitative estimate of drug-likeness (QED) is 0.674. The van der Waals surface area contributed by atoms with Gasteiger partial charge >= 0.3 is 6.03 Å². The van der Waals surface area contributed by atoms with Crippen LogP contribution >= 0.6 is 11.3 Å². The third-order valence-electron chi connectivity index (χ3n) is 3.40. The van der Waals surface area contributed by atoms with Crippen LogP contribution in [0.2, 0.25) is 0 Å². The van der Waals surface area contributed by atoms with E-state index < -0.39 is 0 Å². The molecule has 2 aromatic heterocycles. The second-order valence-corrected chi connectivity index (χ2v) is 6.39. The van der Waals surface area contributed by atoms with E-state index in [4.69, 9.17) is 4.42 Å². The zero-order chi connectivity index (χ0) is 17.4. The number of amides is 3. The lowest BCUT2D eigenvalue weighted by atomic mass is 10.2. The molecule has 0 aliphatic rings. The Morgan fingerprint density at radius 2 is 2.04 bits per heavy atom. The van der Waals surface area contributed by atoms with E-state index in [2.05, 4.69) is 16.0 Å². The van der Waals surface area contributed by atoms with Crippen molar-refractivity contribution in [1.82, 2.24) is 20.9 Å². The van der Waals surface area contributed by atoms with E-state index in [0.717, 1.165) is 0 Å². The Kier molecular flexibility index (Phi) is 6.83. The molecule has 1 atom stereocenters. The molecule has 0 radical (unpaired) electrons. The third kappa shape index (κ3) is 5.71. The number of furan rings is 1. The van der Waals surface area contributed by atoms with Gasteiger partial charge in [0.1, 0.15) is 5.76 Å². The number of urea groups is 1. The van der Waals surface area contributed by atoms with Gasteiger partial charge in [-0.2, -0.15) is 0 Å². The van der Waals surface area contributed by atoms with E-state index in [1.54, 1.807) is 29.7 Å². The Hall–Kier alpha value is -2.32. The molecule has 0 aliphatic carbocycles. The minimum absolute atomic E-state index is 0.0851. The monoisotopic (exact) mass is 350 g/mol. The SMILES string of the molecule is CN(C)C(CNC(=O)NCC(=O)NCc1ccco1)c1cccs1. The van der Waals surface area contributed by atoms with Crippen molar-refractivity contribution in [3.63, 3.8) is 0 Å². The molecule has 2 heterocycles. The number of hydrogen-bond donors (Lipinski definition) is 3. The Labute approximate surface area is 145 Å². The minimum atomic E-state index is -0.369. The molecule has 2 rings (SSSR count). The number of carbonyl (C=O) groups is 2. The van der Waals surface area contributed by atoms with Gasteiger partial charge in [0.05, 0.1) is 25.4 Å². The highest BCUT2D eigenvalue weighted by Gasteiger charge is 2.16. The van der Waals surface area contributed by atoms with Crippen LogP contribution in [0.3, 0.4) is 0 Å². The lowest BCUT2D eigenvalue weighted by Gasteiger charge is -2.23. The second-order valence-electron chi connectivity index (χ2n) is 5.41. The maximum absolute atomic E-state index is 11.8. The molecule has 0 saturated heterocycles. The van der Waals surface area contributed by atoms with Gasteiger partial charge < -0.3 is 25.3 Å². The lowest BCUT2D eigenvalue weighted by molar-refractivity contribution is -0.120. The lowest BCUT2D eigenvalue weighted by Crippen LogP contribution is -2.44. The molecule has 0 saturated carbocycles. The van der Waals surface area contributed by atoms with Gasteiger partial charge in [0, 0.05) is 11.4 Å². The van der Waals surface area contributed by atoms with Crippen LogP contribution in [0.25, 0.3) is 0 Å². The molecule has 7 nitrogen and oxygen atoms in total. The molecule has 2 aromatic rings. The van der Waals surface area contributed by atoms with E-state index in [1.807, 2.05) is 36.5 Å². The molecular formula is C16H22N4O3S. The van der Waals surface area contributed by atoms with Gasteiger partial charge in [-0.15, -0.1) is 11.3 Å². The van der Waals surface area contributed by atoms with Gasteiger partial charge in [-0.05, 0) is 37.7 Å². The highest BCUT2D eigenvalue weighted by atomic mass is 32.1. The van der Waals surface area contributed by atoms with Crippen molar-refractivity contribution < 1.29 is 14.0 Å². The van der Waals surface area contributed by atoms with Crippen LogP contribution in [0.1, 0.15) is 16.7 Å². The zero-order valence-electron chi connectivity index (χ0n) is 13.7. The van der Waals surface area contributed by atoms with Crippen LogP contribution in [0, 0.1) is 0 Å². The number of likely N-dealkylation sites (N-methyl/N-ethyl adjacent to an activating group) is 1. The maximum Gasteiger partial charge on any atom is 0.315 e. The van der Waals surface area contributed by atoms with Gasteiger partial charge in [0.2, 0.25) is 5.91 Å². The average molecular weight is 350 g/mol. The Morgan fingerprint density at radius 1 is 1.21 bits per heavy atom. The summed E-state index contributed by atoms with van der Waals surface area (Å²) in [6, 6.07) is 7.28. The molecule has 3 amide bonds. The van der Waals surface area contributed by atoms with Crippen LogP contribution in [-0.2, 0) is 11.3 Å². The molecule has 1 unspecified atom stereocenters. The smallest absolute Gasteiger partial charge is 0.315 e. The summed E-state index contributed by atoms with van der Waals surface area (Å²) >= 11 is 1.65. The first-order valence-electron chi connectivity index (χ1n) is 7.57. The molecule has 0 bridgehead atoms. The third-order valence-corrected chi connectivity index (χ3v) is 4.37. The summed E-state index contributed by atoms with van der Waals surface area (Å²) in [5.74, 6) is 0.390. The van der Waals surface area contributed by atoms with E-state index in [1.165, 1.54) is 4.88 Å². The summed E-state index contributed by atoms with van der Waals surface area (Å²) < 4.78 is 5.11.